The van der Waals surface area contributed by atoms with Gasteiger partial charge in [0, 0.05) is 13.1 Å². The largest absolute Gasteiger partial charge is 0.483 e. The molecule has 0 N–H and O–H groups in total. The predicted octanol–water partition coefficient (Wildman–Crippen LogP) is 1.63. The topological polar surface area (TPSA) is 30.9 Å². The fourth-order valence-corrected chi connectivity index (χ4v) is 2.00. The van der Waals surface area contributed by atoms with Gasteiger partial charge in [0.1, 0.15) is 12.9 Å². The second kappa shape index (κ2) is 4.67. The first kappa shape index (κ1) is 10.5. The molecule has 0 spiro atoms. The minimum atomic E-state index is 0.553. The molecule has 1 saturated heterocycles. The van der Waals surface area contributed by atoms with E-state index in [0.717, 1.165) is 43.5 Å². The Hall–Kier alpha value is -1.68. The van der Waals surface area contributed by atoms with Crippen molar-refractivity contribution in [1.29, 1.82) is 0 Å². The van der Waals surface area contributed by atoms with Gasteiger partial charge in [0.15, 0.2) is 11.5 Å². The maximum Gasteiger partial charge on any atom is 0.168 e. The van der Waals surface area contributed by atoms with Crippen molar-refractivity contribution in [1.82, 2.24) is 4.90 Å². The van der Waals surface area contributed by atoms with Gasteiger partial charge in [-0.2, -0.15) is 0 Å². The first-order valence-electron chi connectivity index (χ1n) is 5.84. The maximum atomic E-state index is 5.74. The van der Waals surface area contributed by atoms with Crippen LogP contribution in [0.1, 0.15) is 0 Å². The average Bonchev–Trinajstić information content (AvgIpc) is 2.62. The Morgan fingerprint density at radius 2 is 1.76 bits per heavy atom. The highest BCUT2D eigenvalue weighted by atomic mass is 16.5. The third kappa shape index (κ3) is 2.22. The maximum absolute atomic E-state index is 5.74. The molecular weight excluding hydrogens is 218 g/mol. The fourth-order valence-electron chi connectivity index (χ4n) is 2.00. The van der Waals surface area contributed by atoms with E-state index in [4.69, 9.17) is 14.2 Å². The first-order valence-corrected chi connectivity index (χ1v) is 5.84. The van der Waals surface area contributed by atoms with Gasteiger partial charge in [-0.3, -0.25) is 0 Å². The van der Waals surface area contributed by atoms with Gasteiger partial charge in [-0.25, -0.2) is 0 Å². The van der Waals surface area contributed by atoms with E-state index < -0.39 is 0 Å². The number of rotatable bonds is 1. The van der Waals surface area contributed by atoms with Gasteiger partial charge in [-0.15, -0.1) is 0 Å². The van der Waals surface area contributed by atoms with Crippen molar-refractivity contribution in [2.45, 2.75) is 0 Å². The lowest BCUT2D eigenvalue weighted by Gasteiger charge is -2.29. The van der Waals surface area contributed by atoms with E-state index in [2.05, 4.69) is 4.90 Å². The lowest BCUT2D eigenvalue weighted by atomic mass is 10.3. The van der Waals surface area contributed by atoms with Gasteiger partial charge < -0.3 is 19.1 Å². The zero-order valence-corrected chi connectivity index (χ0v) is 9.59. The van der Waals surface area contributed by atoms with Crippen LogP contribution >= 0.6 is 0 Å². The number of ether oxygens (including phenoxy) is 3. The highest BCUT2D eigenvalue weighted by molar-refractivity contribution is 5.41. The van der Waals surface area contributed by atoms with Crippen molar-refractivity contribution in [3.05, 3.63) is 36.2 Å². The number of hydrogen-bond acceptors (Lipinski definition) is 4. The van der Waals surface area contributed by atoms with Gasteiger partial charge in [0.25, 0.3) is 0 Å². The predicted molar refractivity (Wildman–Crippen MR) is 63.0 cm³/mol. The van der Waals surface area contributed by atoms with Crippen molar-refractivity contribution in [3.8, 4) is 11.5 Å². The Morgan fingerprint density at radius 3 is 2.59 bits per heavy atom. The summed E-state index contributed by atoms with van der Waals surface area (Å²) in [5.41, 5.74) is 1.07. The van der Waals surface area contributed by atoms with Crippen LogP contribution in [0.3, 0.4) is 0 Å². The molecule has 17 heavy (non-hydrogen) atoms. The van der Waals surface area contributed by atoms with E-state index in [0.29, 0.717) is 6.61 Å². The van der Waals surface area contributed by atoms with Crippen molar-refractivity contribution < 1.29 is 14.2 Å². The van der Waals surface area contributed by atoms with Crippen LogP contribution in [0, 0.1) is 0 Å². The van der Waals surface area contributed by atoms with Crippen LogP contribution in [-0.2, 0) is 4.74 Å². The molecule has 4 heteroatoms. The van der Waals surface area contributed by atoms with Gasteiger partial charge in [-0.1, -0.05) is 12.1 Å². The van der Waals surface area contributed by atoms with Gasteiger partial charge in [0.2, 0.25) is 0 Å². The number of benzene rings is 1. The first-order chi connectivity index (χ1) is 8.43. The molecule has 0 radical (unpaired) electrons. The third-order valence-electron chi connectivity index (χ3n) is 2.96. The summed E-state index contributed by atoms with van der Waals surface area (Å²) in [6.07, 6.45) is 1.79. The van der Waals surface area contributed by atoms with Gasteiger partial charge in [-0.05, 0) is 12.1 Å². The van der Waals surface area contributed by atoms with E-state index >= 15 is 0 Å². The molecular formula is C13H15NO3. The molecule has 90 valence electrons. The molecule has 1 aromatic rings. The smallest absolute Gasteiger partial charge is 0.168 e. The average molecular weight is 233 g/mol. The quantitative estimate of drug-likeness (QED) is 0.737. The van der Waals surface area contributed by atoms with Crippen LogP contribution in [0.4, 0.5) is 0 Å². The number of para-hydroxylation sites is 2. The third-order valence-corrected chi connectivity index (χ3v) is 2.96. The molecule has 1 fully saturated rings. The Balaban J connectivity index is 1.75. The van der Waals surface area contributed by atoms with E-state index in [-0.39, 0.29) is 0 Å². The number of morpholine rings is 1. The molecule has 0 amide bonds. The number of nitrogens with zero attached hydrogens (tertiary/aromatic N) is 1. The number of hydrogen-bond donors (Lipinski definition) is 0. The van der Waals surface area contributed by atoms with Crippen molar-refractivity contribution in [2.24, 2.45) is 0 Å². The molecule has 2 aliphatic rings. The summed E-state index contributed by atoms with van der Waals surface area (Å²) in [5.74, 6) is 1.57. The van der Waals surface area contributed by atoms with Crippen LogP contribution in [0.25, 0.3) is 0 Å². The zero-order chi connectivity index (χ0) is 11.5. The van der Waals surface area contributed by atoms with E-state index in [1.54, 1.807) is 6.26 Å². The van der Waals surface area contributed by atoms with Crippen molar-refractivity contribution in [2.75, 3.05) is 32.9 Å². The molecule has 0 atom stereocenters. The lowest BCUT2D eigenvalue weighted by Crippen LogP contribution is -2.37. The van der Waals surface area contributed by atoms with Crippen LogP contribution < -0.4 is 9.47 Å². The highest BCUT2D eigenvalue weighted by Gasteiger charge is 2.18. The van der Waals surface area contributed by atoms with Crippen molar-refractivity contribution in [3.63, 3.8) is 0 Å². The van der Waals surface area contributed by atoms with Crippen LogP contribution in [0.5, 0.6) is 11.5 Å². The van der Waals surface area contributed by atoms with E-state index in [1.807, 2.05) is 24.3 Å². The molecule has 0 saturated carbocycles. The summed E-state index contributed by atoms with van der Waals surface area (Å²) in [4.78, 5) is 2.25. The zero-order valence-electron chi connectivity index (χ0n) is 9.59. The minimum Gasteiger partial charge on any atom is -0.483 e. The molecule has 0 bridgehead atoms. The van der Waals surface area contributed by atoms with Crippen LogP contribution in [-0.4, -0.2) is 37.8 Å². The summed E-state index contributed by atoms with van der Waals surface area (Å²) in [5, 5.41) is 0. The SMILES string of the molecule is C1=C(N2CCOCC2)COc2ccccc2O1. The molecule has 2 aliphatic heterocycles. The van der Waals surface area contributed by atoms with E-state index in [9.17, 15) is 0 Å². The standard InChI is InChI=1S/C13H15NO3/c1-2-4-13-12(3-1)16-9-11(10-17-13)14-5-7-15-8-6-14/h1-4,9H,5-8,10H2. The Morgan fingerprint density at radius 1 is 1.00 bits per heavy atom. The molecule has 0 unspecified atom stereocenters. The van der Waals surface area contributed by atoms with E-state index in [1.165, 1.54) is 0 Å². The molecule has 3 rings (SSSR count). The lowest BCUT2D eigenvalue weighted by molar-refractivity contribution is 0.0486. The van der Waals surface area contributed by atoms with Crippen molar-refractivity contribution >= 4 is 0 Å². The van der Waals surface area contributed by atoms with Crippen LogP contribution in [0.15, 0.2) is 36.2 Å². The normalized spacial score (nSPS) is 19.5. The molecule has 0 aliphatic carbocycles. The molecule has 4 nitrogen and oxygen atoms in total. The monoisotopic (exact) mass is 233 g/mol. The highest BCUT2D eigenvalue weighted by Crippen LogP contribution is 2.29. The van der Waals surface area contributed by atoms with Gasteiger partial charge in [0.05, 0.1) is 18.9 Å². The molecule has 0 aromatic heterocycles. The molecule has 1 aromatic carbocycles. The summed E-state index contributed by atoms with van der Waals surface area (Å²) in [6.45, 7) is 3.88. The minimum absolute atomic E-state index is 0.553. The Kier molecular flexibility index (Phi) is 2.88. The fraction of sp³-hybridized carbons (Fsp3) is 0.385. The van der Waals surface area contributed by atoms with Gasteiger partial charge >= 0.3 is 0 Å². The summed E-state index contributed by atoms with van der Waals surface area (Å²) in [6, 6.07) is 7.72. The summed E-state index contributed by atoms with van der Waals surface area (Å²) in [7, 11) is 0. The second-order valence-corrected chi connectivity index (χ2v) is 4.06. The van der Waals surface area contributed by atoms with Crippen LogP contribution in [0.2, 0.25) is 0 Å². The summed E-state index contributed by atoms with van der Waals surface area (Å²) >= 11 is 0. The Bertz CT molecular complexity index is 424. The summed E-state index contributed by atoms with van der Waals surface area (Å²) < 4.78 is 16.7. The second-order valence-electron chi connectivity index (χ2n) is 4.06. The Labute approximate surface area is 100 Å². The molecule has 2 heterocycles. The number of fused-ring (bicyclic) bond motifs is 1.